The summed E-state index contributed by atoms with van der Waals surface area (Å²) in [5.41, 5.74) is 0. The molecule has 0 spiro atoms. The van der Waals surface area contributed by atoms with Gasteiger partial charge in [0.1, 0.15) is 0 Å². The van der Waals surface area contributed by atoms with E-state index in [1.54, 1.807) is 4.90 Å². The van der Waals surface area contributed by atoms with E-state index in [1.807, 2.05) is 0 Å². The Morgan fingerprint density at radius 3 is 2.83 bits per heavy atom. The molecule has 2 amide bonds. The molecule has 0 radical (unpaired) electrons. The number of likely N-dealkylation sites (tertiary alicyclic amines) is 1. The summed E-state index contributed by atoms with van der Waals surface area (Å²) >= 11 is 0. The van der Waals surface area contributed by atoms with E-state index in [0.717, 1.165) is 32.4 Å². The summed E-state index contributed by atoms with van der Waals surface area (Å²) < 4.78 is 4.76. The highest BCUT2D eigenvalue weighted by Gasteiger charge is 2.24. The first-order chi connectivity index (χ1) is 8.58. The summed E-state index contributed by atoms with van der Waals surface area (Å²) in [6, 6.07) is -0.198. The third-order valence-electron chi connectivity index (χ3n) is 3.38. The Balaban J connectivity index is 2.38. The van der Waals surface area contributed by atoms with Gasteiger partial charge in [-0.3, -0.25) is 0 Å². The maximum absolute atomic E-state index is 11.9. The van der Waals surface area contributed by atoms with Crippen molar-refractivity contribution in [1.82, 2.24) is 10.2 Å². The van der Waals surface area contributed by atoms with E-state index in [9.17, 15) is 9.59 Å². The number of urea groups is 1. The maximum Gasteiger partial charge on any atom is 0.334 e. The minimum Gasteiger partial charge on any atom is -0.479 e. The van der Waals surface area contributed by atoms with Gasteiger partial charge in [0.05, 0.1) is 6.54 Å². The van der Waals surface area contributed by atoms with Crippen LogP contribution in [0.5, 0.6) is 0 Å². The van der Waals surface area contributed by atoms with Gasteiger partial charge < -0.3 is 20.1 Å². The molecule has 0 aromatic heterocycles. The van der Waals surface area contributed by atoms with Crippen LogP contribution in [0.15, 0.2) is 0 Å². The fourth-order valence-corrected chi connectivity index (χ4v) is 2.15. The summed E-state index contributed by atoms with van der Waals surface area (Å²) in [6.07, 6.45) is 2.26. The number of carboxylic acids is 1. The average molecular weight is 258 g/mol. The minimum atomic E-state index is -1.07. The molecule has 2 N–H and O–H groups in total. The fraction of sp³-hybridized carbons (Fsp3) is 0.833. The lowest BCUT2D eigenvalue weighted by Gasteiger charge is -2.32. The number of rotatable bonds is 5. The Labute approximate surface area is 107 Å². The molecule has 0 aromatic rings. The van der Waals surface area contributed by atoms with Crippen molar-refractivity contribution in [2.75, 3.05) is 26.7 Å². The topological polar surface area (TPSA) is 78.9 Å². The summed E-state index contributed by atoms with van der Waals surface area (Å²) in [5.74, 6) is -0.509. The van der Waals surface area contributed by atoms with Crippen LogP contribution in [0.3, 0.4) is 0 Å². The molecule has 0 aromatic carbocycles. The largest absolute Gasteiger partial charge is 0.479 e. The second-order valence-corrected chi connectivity index (χ2v) is 4.61. The van der Waals surface area contributed by atoms with Crippen LogP contribution in [0.2, 0.25) is 0 Å². The summed E-state index contributed by atoms with van der Waals surface area (Å²) in [5, 5.41) is 11.4. The number of amides is 2. The van der Waals surface area contributed by atoms with Crippen LogP contribution in [0.4, 0.5) is 4.79 Å². The van der Waals surface area contributed by atoms with Crippen molar-refractivity contribution in [1.29, 1.82) is 0 Å². The smallest absolute Gasteiger partial charge is 0.334 e. The molecule has 0 saturated carbocycles. The maximum atomic E-state index is 11.9. The van der Waals surface area contributed by atoms with Gasteiger partial charge >= 0.3 is 12.0 Å². The average Bonchev–Trinajstić information content (AvgIpc) is 2.38. The molecule has 104 valence electrons. The van der Waals surface area contributed by atoms with E-state index in [1.165, 1.54) is 7.11 Å². The molecule has 0 aliphatic carbocycles. The molecule has 2 unspecified atom stereocenters. The van der Waals surface area contributed by atoms with Crippen LogP contribution in [0.1, 0.15) is 26.2 Å². The van der Waals surface area contributed by atoms with Crippen LogP contribution >= 0.6 is 0 Å². The molecule has 1 rings (SSSR count). The number of nitrogens with zero attached hydrogens (tertiary/aromatic N) is 1. The van der Waals surface area contributed by atoms with Gasteiger partial charge in [0, 0.05) is 20.2 Å². The zero-order valence-electron chi connectivity index (χ0n) is 11.0. The third-order valence-corrected chi connectivity index (χ3v) is 3.38. The Hall–Kier alpha value is -1.30. The highest BCUT2D eigenvalue weighted by molar-refractivity contribution is 5.77. The number of methoxy groups -OCH3 is 1. The highest BCUT2D eigenvalue weighted by atomic mass is 16.5. The Morgan fingerprint density at radius 1 is 1.56 bits per heavy atom. The molecular weight excluding hydrogens is 236 g/mol. The number of carboxylic acid groups (broad SMARTS) is 1. The van der Waals surface area contributed by atoms with Gasteiger partial charge in [0.2, 0.25) is 0 Å². The van der Waals surface area contributed by atoms with Gasteiger partial charge in [-0.05, 0) is 18.8 Å². The third kappa shape index (κ3) is 4.18. The van der Waals surface area contributed by atoms with Gasteiger partial charge in [-0.15, -0.1) is 0 Å². The molecule has 6 nitrogen and oxygen atoms in total. The van der Waals surface area contributed by atoms with E-state index in [0.29, 0.717) is 5.92 Å². The van der Waals surface area contributed by atoms with Gasteiger partial charge in [-0.2, -0.15) is 0 Å². The van der Waals surface area contributed by atoms with Gasteiger partial charge in [0.25, 0.3) is 0 Å². The fourth-order valence-electron chi connectivity index (χ4n) is 2.15. The number of piperidine rings is 1. The van der Waals surface area contributed by atoms with Gasteiger partial charge in [-0.1, -0.05) is 13.3 Å². The van der Waals surface area contributed by atoms with E-state index in [-0.39, 0.29) is 12.6 Å². The molecule has 1 fully saturated rings. The molecule has 6 heteroatoms. The number of hydrogen-bond donors (Lipinski definition) is 2. The van der Waals surface area contributed by atoms with Crippen molar-refractivity contribution in [2.24, 2.45) is 5.92 Å². The normalized spacial score (nSPS) is 21.4. The zero-order valence-corrected chi connectivity index (χ0v) is 11.0. The first-order valence-electron chi connectivity index (χ1n) is 6.36. The molecule has 18 heavy (non-hydrogen) atoms. The van der Waals surface area contributed by atoms with Crippen LogP contribution in [-0.4, -0.2) is 54.9 Å². The summed E-state index contributed by atoms with van der Waals surface area (Å²) in [6.45, 7) is 3.62. The van der Waals surface area contributed by atoms with Crippen LogP contribution in [0.25, 0.3) is 0 Å². The van der Waals surface area contributed by atoms with Crippen molar-refractivity contribution in [3.05, 3.63) is 0 Å². The Morgan fingerprint density at radius 2 is 2.28 bits per heavy atom. The quantitative estimate of drug-likeness (QED) is 0.768. The second-order valence-electron chi connectivity index (χ2n) is 4.61. The number of carbonyl (C=O) groups is 2. The number of aliphatic carboxylic acids is 1. The van der Waals surface area contributed by atoms with Crippen molar-refractivity contribution in [2.45, 2.75) is 32.3 Å². The minimum absolute atomic E-state index is 0.00203. The van der Waals surface area contributed by atoms with Crippen molar-refractivity contribution >= 4 is 12.0 Å². The van der Waals surface area contributed by atoms with E-state index in [4.69, 9.17) is 9.84 Å². The van der Waals surface area contributed by atoms with E-state index in [2.05, 4.69) is 12.2 Å². The predicted molar refractivity (Wildman–Crippen MR) is 66.4 cm³/mol. The first-order valence-corrected chi connectivity index (χ1v) is 6.36. The summed E-state index contributed by atoms with van der Waals surface area (Å²) in [7, 11) is 1.32. The molecule has 1 aliphatic rings. The SMILES string of the molecule is CCC1CCCN(C(=O)NCC(OC)C(=O)O)C1. The predicted octanol–water partition coefficient (Wildman–Crippen LogP) is 0.918. The molecule has 1 aliphatic heterocycles. The van der Waals surface area contributed by atoms with Gasteiger partial charge in [-0.25, -0.2) is 9.59 Å². The lowest BCUT2D eigenvalue weighted by molar-refractivity contribution is -0.148. The lowest BCUT2D eigenvalue weighted by atomic mass is 9.96. The number of nitrogens with one attached hydrogen (secondary N) is 1. The molecular formula is C12H22N2O4. The van der Waals surface area contributed by atoms with Crippen molar-refractivity contribution in [3.8, 4) is 0 Å². The van der Waals surface area contributed by atoms with Crippen LogP contribution in [0, 0.1) is 5.92 Å². The lowest BCUT2D eigenvalue weighted by Crippen LogP contribution is -2.48. The first kappa shape index (κ1) is 14.8. The molecule has 1 heterocycles. The standard InChI is InChI=1S/C12H22N2O4/c1-3-9-5-4-6-14(8-9)12(17)13-7-10(18-2)11(15)16/h9-10H,3-8H2,1-2H3,(H,13,17)(H,15,16). The second kappa shape index (κ2) is 7.20. The molecule has 2 atom stereocenters. The van der Waals surface area contributed by atoms with Gasteiger partial charge in [0.15, 0.2) is 6.10 Å². The number of ether oxygens (including phenoxy) is 1. The van der Waals surface area contributed by atoms with E-state index >= 15 is 0 Å². The highest BCUT2D eigenvalue weighted by Crippen LogP contribution is 2.18. The van der Waals surface area contributed by atoms with E-state index < -0.39 is 12.1 Å². The van der Waals surface area contributed by atoms with Crippen LogP contribution < -0.4 is 5.32 Å². The van der Waals surface area contributed by atoms with Crippen LogP contribution in [-0.2, 0) is 9.53 Å². The number of hydrogen-bond acceptors (Lipinski definition) is 3. The van der Waals surface area contributed by atoms with Crippen molar-refractivity contribution in [3.63, 3.8) is 0 Å². The Bertz CT molecular complexity index is 296. The summed E-state index contributed by atoms with van der Waals surface area (Å²) in [4.78, 5) is 24.4. The van der Waals surface area contributed by atoms with Crippen molar-refractivity contribution < 1.29 is 19.4 Å². The Kier molecular flexibility index (Phi) is 5.91. The molecule has 0 bridgehead atoms. The number of carbonyl (C=O) groups excluding carboxylic acids is 1. The molecule has 1 saturated heterocycles. The zero-order chi connectivity index (χ0) is 13.5. The monoisotopic (exact) mass is 258 g/mol.